The van der Waals surface area contributed by atoms with Crippen LogP contribution in [-0.2, 0) is 6.54 Å². The zero-order valence-electron chi connectivity index (χ0n) is 10.2. The monoisotopic (exact) mass is 218 g/mol. The number of rotatable bonds is 3. The van der Waals surface area contributed by atoms with Gasteiger partial charge in [-0.05, 0) is 44.0 Å². The number of nitrogens with zero attached hydrogens (tertiary/aromatic N) is 1. The second kappa shape index (κ2) is 5.46. The van der Waals surface area contributed by atoms with Gasteiger partial charge in [0.2, 0.25) is 0 Å². The highest BCUT2D eigenvalue weighted by Crippen LogP contribution is 2.26. The molecule has 1 heterocycles. The minimum Gasteiger partial charge on any atom is -0.326 e. The van der Waals surface area contributed by atoms with E-state index in [1.54, 1.807) is 0 Å². The van der Waals surface area contributed by atoms with Crippen LogP contribution in [0.5, 0.6) is 0 Å². The zero-order valence-corrected chi connectivity index (χ0v) is 10.2. The van der Waals surface area contributed by atoms with Crippen molar-refractivity contribution in [3.05, 3.63) is 35.4 Å². The topological polar surface area (TPSA) is 29.3 Å². The molecule has 0 aromatic heterocycles. The number of piperidine rings is 1. The molecule has 16 heavy (non-hydrogen) atoms. The Labute approximate surface area is 98.4 Å². The van der Waals surface area contributed by atoms with E-state index in [4.69, 9.17) is 5.73 Å². The Morgan fingerprint density at radius 1 is 1.19 bits per heavy atom. The van der Waals surface area contributed by atoms with Crippen molar-refractivity contribution in [3.63, 3.8) is 0 Å². The molecule has 1 aromatic rings. The first-order valence-electron chi connectivity index (χ1n) is 6.35. The van der Waals surface area contributed by atoms with Crippen molar-refractivity contribution < 1.29 is 0 Å². The molecule has 0 radical (unpaired) electrons. The molecule has 2 rings (SSSR count). The maximum absolute atomic E-state index is 5.80. The summed E-state index contributed by atoms with van der Waals surface area (Å²) in [6.07, 6.45) is 4.08. The predicted molar refractivity (Wildman–Crippen MR) is 68.2 cm³/mol. The molecule has 0 spiro atoms. The summed E-state index contributed by atoms with van der Waals surface area (Å²) in [5.41, 5.74) is 8.50. The molecule has 0 saturated carbocycles. The summed E-state index contributed by atoms with van der Waals surface area (Å²) in [7, 11) is 0. The first kappa shape index (κ1) is 11.6. The number of nitrogens with two attached hydrogens (primary N) is 1. The molecule has 0 aliphatic carbocycles. The third kappa shape index (κ3) is 2.45. The average molecular weight is 218 g/mol. The van der Waals surface area contributed by atoms with Gasteiger partial charge in [-0.3, -0.25) is 4.90 Å². The summed E-state index contributed by atoms with van der Waals surface area (Å²) in [6.45, 7) is 5.42. The quantitative estimate of drug-likeness (QED) is 0.845. The fourth-order valence-corrected chi connectivity index (χ4v) is 2.63. The molecule has 1 aromatic carbocycles. The predicted octanol–water partition coefficient (Wildman–Crippen LogP) is 2.69. The van der Waals surface area contributed by atoms with E-state index in [2.05, 4.69) is 36.1 Å². The SMILES string of the molecule is CC(c1ccccc1CN)N1CCCCC1. The second-order valence-corrected chi connectivity index (χ2v) is 4.68. The Morgan fingerprint density at radius 3 is 2.56 bits per heavy atom. The van der Waals surface area contributed by atoms with Crippen LogP contribution < -0.4 is 5.73 Å². The lowest BCUT2D eigenvalue weighted by molar-refractivity contribution is 0.174. The van der Waals surface area contributed by atoms with Gasteiger partial charge in [0.25, 0.3) is 0 Å². The highest BCUT2D eigenvalue weighted by atomic mass is 15.2. The van der Waals surface area contributed by atoms with Gasteiger partial charge in [0.1, 0.15) is 0 Å². The van der Waals surface area contributed by atoms with Crippen LogP contribution in [0.4, 0.5) is 0 Å². The standard InChI is InChI=1S/C14H22N2/c1-12(16-9-5-2-6-10-16)14-8-4-3-7-13(14)11-15/h3-4,7-8,12H,2,5-6,9-11,15H2,1H3. The maximum Gasteiger partial charge on any atom is 0.0323 e. The lowest BCUT2D eigenvalue weighted by atomic mass is 9.98. The van der Waals surface area contributed by atoms with Crippen molar-refractivity contribution in [1.82, 2.24) is 4.90 Å². The number of hydrogen-bond donors (Lipinski definition) is 1. The summed E-state index contributed by atoms with van der Waals surface area (Å²) in [5, 5.41) is 0. The van der Waals surface area contributed by atoms with Gasteiger partial charge in [0.15, 0.2) is 0 Å². The van der Waals surface area contributed by atoms with Gasteiger partial charge in [0, 0.05) is 12.6 Å². The number of likely N-dealkylation sites (tertiary alicyclic amines) is 1. The lowest BCUT2D eigenvalue weighted by Gasteiger charge is -2.33. The average Bonchev–Trinajstić information content (AvgIpc) is 2.39. The van der Waals surface area contributed by atoms with Crippen molar-refractivity contribution in [1.29, 1.82) is 0 Å². The molecule has 2 N–H and O–H groups in total. The Balaban J connectivity index is 2.15. The Hall–Kier alpha value is -0.860. The fourth-order valence-electron chi connectivity index (χ4n) is 2.63. The van der Waals surface area contributed by atoms with E-state index in [1.165, 1.54) is 43.5 Å². The molecule has 1 aliphatic rings. The normalized spacial score (nSPS) is 19.6. The van der Waals surface area contributed by atoms with Crippen LogP contribution in [0.15, 0.2) is 24.3 Å². The van der Waals surface area contributed by atoms with Crippen molar-refractivity contribution in [2.75, 3.05) is 13.1 Å². The van der Waals surface area contributed by atoms with Crippen molar-refractivity contribution in [3.8, 4) is 0 Å². The zero-order chi connectivity index (χ0) is 11.4. The lowest BCUT2D eigenvalue weighted by Crippen LogP contribution is -2.32. The third-order valence-electron chi connectivity index (χ3n) is 3.66. The molecule has 88 valence electrons. The summed E-state index contributed by atoms with van der Waals surface area (Å²) in [5.74, 6) is 0. The largest absolute Gasteiger partial charge is 0.326 e. The van der Waals surface area contributed by atoms with E-state index >= 15 is 0 Å². The van der Waals surface area contributed by atoms with Crippen LogP contribution in [0.25, 0.3) is 0 Å². The van der Waals surface area contributed by atoms with Crippen LogP contribution in [0.3, 0.4) is 0 Å². The Kier molecular flexibility index (Phi) is 3.97. The van der Waals surface area contributed by atoms with Gasteiger partial charge in [0.05, 0.1) is 0 Å². The van der Waals surface area contributed by atoms with Gasteiger partial charge in [-0.15, -0.1) is 0 Å². The first-order valence-corrected chi connectivity index (χ1v) is 6.35. The number of benzene rings is 1. The van der Waals surface area contributed by atoms with Crippen molar-refractivity contribution >= 4 is 0 Å². The molecule has 1 aliphatic heterocycles. The smallest absolute Gasteiger partial charge is 0.0323 e. The fraction of sp³-hybridized carbons (Fsp3) is 0.571. The van der Waals surface area contributed by atoms with Gasteiger partial charge in [-0.1, -0.05) is 30.7 Å². The minimum atomic E-state index is 0.514. The molecular weight excluding hydrogens is 196 g/mol. The van der Waals surface area contributed by atoms with Gasteiger partial charge in [-0.25, -0.2) is 0 Å². The van der Waals surface area contributed by atoms with Crippen LogP contribution in [0, 0.1) is 0 Å². The van der Waals surface area contributed by atoms with Gasteiger partial charge < -0.3 is 5.73 Å². The van der Waals surface area contributed by atoms with E-state index in [9.17, 15) is 0 Å². The molecule has 1 unspecified atom stereocenters. The Morgan fingerprint density at radius 2 is 1.88 bits per heavy atom. The molecule has 1 fully saturated rings. The molecule has 0 bridgehead atoms. The maximum atomic E-state index is 5.80. The molecule has 0 amide bonds. The van der Waals surface area contributed by atoms with E-state index in [1.807, 2.05) is 0 Å². The molecule has 1 atom stereocenters. The summed E-state index contributed by atoms with van der Waals surface area (Å²) < 4.78 is 0. The van der Waals surface area contributed by atoms with Crippen LogP contribution in [0.2, 0.25) is 0 Å². The molecular formula is C14H22N2. The highest BCUT2D eigenvalue weighted by molar-refractivity contribution is 5.29. The van der Waals surface area contributed by atoms with Crippen molar-refractivity contribution in [2.45, 2.75) is 38.8 Å². The summed E-state index contributed by atoms with van der Waals surface area (Å²) in [4.78, 5) is 2.58. The highest BCUT2D eigenvalue weighted by Gasteiger charge is 2.19. The van der Waals surface area contributed by atoms with E-state index in [0.717, 1.165) is 0 Å². The molecule has 2 nitrogen and oxygen atoms in total. The summed E-state index contributed by atoms with van der Waals surface area (Å²) >= 11 is 0. The van der Waals surface area contributed by atoms with Crippen LogP contribution in [0.1, 0.15) is 43.4 Å². The molecule has 1 saturated heterocycles. The van der Waals surface area contributed by atoms with E-state index in [-0.39, 0.29) is 0 Å². The van der Waals surface area contributed by atoms with E-state index < -0.39 is 0 Å². The van der Waals surface area contributed by atoms with Crippen LogP contribution in [-0.4, -0.2) is 18.0 Å². The second-order valence-electron chi connectivity index (χ2n) is 4.68. The minimum absolute atomic E-state index is 0.514. The summed E-state index contributed by atoms with van der Waals surface area (Å²) in [6, 6.07) is 9.08. The first-order chi connectivity index (χ1) is 7.83. The van der Waals surface area contributed by atoms with Gasteiger partial charge >= 0.3 is 0 Å². The number of hydrogen-bond acceptors (Lipinski definition) is 2. The van der Waals surface area contributed by atoms with Gasteiger partial charge in [-0.2, -0.15) is 0 Å². The van der Waals surface area contributed by atoms with Crippen LogP contribution >= 0.6 is 0 Å². The third-order valence-corrected chi connectivity index (χ3v) is 3.66. The Bertz CT molecular complexity index is 329. The molecule has 2 heteroatoms. The van der Waals surface area contributed by atoms with Crippen molar-refractivity contribution in [2.24, 2.45) is 5.73 Å². The van der Waals surface area contributed by atoms with E-state index in [0.29, 0.717) is 12.6 Å².